The van der Waals surface area contributed by atoms with Gasteiger partial charge in [-0.15, -0.1) is 10.2 Å². The third-order valence-electron chi connectivity index (χ3n) is 3.80. The molecule has 0 bridgehead atoms. The van der Waals surface area contributed by atoms with E-state index in [-0.39, 0.29) is 21.2 Å². The maximum atomic E-state index is 12.8. The number of hydrogen-bond donors (Lipinski definition) is 1. The number of anilines is 1. The molecule has 9 nitrogen and oxygen atoms in total. The molecule has 0 fully saturated rings. The standard InChI is InChI=1S/C16H14ClN5O4S2/c1-10-12(17)7-11(8-14(10)22(23)24)28(25,26)20-13-5-3-4-6-15(13)27-16-19-18-9-21(16)2/h3-9,20H,1-2H3. The molecular weight excluding hydrogens is 426 g/mol. The SMILES string of the molecule is Cc1c(Cl)cc(S(=O)(=O)Nc2ccccc2Sc2nncn2C)cc1[N+](=O)[O-]. The molecule has 0 spiro atoms. The molecule has 146 valence electrons. The smallest absolute Gasteiger partial charge is 0.275 e. The first-order chi connectivity index (χ1) is 13.2. The fourth-order valence-electron chi connectivity index (χ4n) is 2.29. The van der Waals surface area contributed by atoms with Crippen molar-refractivity contribution >= 4 is 44.8 Å². The number of rotatable bonds is 6. The van der Waals surface area contributed by atoms with Gasteiger partial charge in [0, 0.05) is 23.6 Å². The average Bonchev–Trinajstić information content (AvgIpc) is 3.03. The van der Waals surface area contributed by atoms with Gasteiger partial charge in [0.1, 0.15) is 6.33 Å². The van der Waals surface area contributed by atoms with Gasteiger partial charge in [0.15, 0.2) is 5.16 Å². The summed E-state index contributed by atoms with van der Waals surface area (Å²) in [7, 11) is -2.35. The van der Waals surface area contributed by atoms with Crippen LogP contribution in [0.1, 0.15) is 5.56 Å². The summed E-state index contributed by atoms with van der Waals surface area (Å²) in [5.41, 5.74) is 0.133. The van der Waals surface area contributed by atoms with Crippen LogP contribution in [0.3, 0.4) is 0 Å². The quantitative estimate of drug-likeness (QED) is 0.459. The second-order valence-electron chi connectivity index (χ2n) is 5.73. The number of halogens is 1. The van der Waals surface area contributed by atoms with E-state index in [1.54, 1.807) is 35.9 Å². The Morgan fingerprint density at radius 3 is 2.64 bits per heavy atom. The van der Waals surface area contributed by atoms with E-state index < -0.39 is 14.9 Å². The number of para-hydroxylation sites is 1. The molecule has 1 N–H and O–H groups in total. The van der Waals surface area contributed by atoms with Crippen LogP contribution in [0.5, 0.6) is 0 Å². The summed E-state index contributed by atoms with van der Waals surface area (Å²) in [6.45, 7) is 1.46. The molecule has 0 aliphatic heterocycles. The van der Waals surface area contributed by atoms with Crippen LogP contribution in [-0.2, 0) is 17.1 Å². The molecule has 0 radical (unpaired) electrons. The van der Waals surface area contributed by atoms with E-state index in [1.165, 1.54) is 31.1 Å². The van der Waals surface area contributed by atoms with Crippen LogP contribution in [0.4, 0.5) is 11.4 Å². The summed E-state index contributed by atoms with van der Waals surface area (Å²) >= 11 is 7.22. The predicted molar refractivity (Wildman–Crippen MR) is 105 cm³/mol. The van der Waals surface area contributed by atoms with E-state index in [9.17, 15) is 18.5 Å². The zero-order valence-corrected chi connectivity index (χ0v) is 17.0. The third kappa shape index (κ3) is 4.11. The number of nitro benzene ring substituents is 1. The summed E-state index contributed by atoms with van der Waals surface area (Å²) in [5.74, 6) is 0. The Kier molecular flexibility index (Phi) is 5.59. The first-order valence-corrected chi connectivity index (χ1v) is 10.4. The van der Waals surface area contributed by atoms with Gasteiger partial charge in [0.2, 0.25) is 0 Å². The minimum atomic E-state index is -4.12. The molecule has 2 aromatic carbocycles. The normalized spacial score (nSPS) is 11.4. The molecule has 1 heterocycles. The number of sulfonamides is 1. The van der Waals surface area contributed by atoms with Crippen molar-refractivity contribution in [3.63, 3.8) is 0 Å². The lowest BCUT2D eigenvalue weighted by Gasteiger charge is -2.13. The molecule has 3 aromatic rings. The lowest BCUT2D eigenvalue weighted by molar-refractivity contribution is -0.385. The zero-order valence-electron chi connectivity index (χ0n) is 14.7. The number of hydrogen-bond acceptors (Lipinski definition) is 7. The van der Waals surface area contributed by atoms with E-state index in [0.717, 1.165) is 6.07 Å². The van der Waals surface area contributed by atoms with E-state index >= 15 is 0 Å². The van der Waals surface area contributed by atoms with E-state index in [4.69, 9.17) is 11.6 Å². The largest absolute Gasteiger partial charge is 0.311 e. The van der Waals surface area contributed by atoms with Gasteiger partial charge < -0.3 is 4.57 Å². The maximum absolute atomic E-state index is 12.8. The first kappa shape index (κ1) is 20.1. The van der Waals surface area contributed by atoms with E-state index in [2.05, 4.69) is 14.9 Å². The average molecular weight is 440 g/mol. The van der Waals surface area contributed by atoms with Gasteiger partial charge >= 0.3 is 0 Å². The predicted octanol–water partition coefficient (Wildman–Crippen LogP) is 3.64. The summed E-state index contributed by atoms with van der Waals surface area (Å²) < 4.78 is 29.8. The second kappa shape index (κ2) is 7.78. The van der Waals surface area contributed by atoms with Gasteiger partial charge in [-0.1, -0.05) is 23.7 Å². The first-order valence-electron chi connectivity index (χ1n) is 7.77. The summed E-state index contributed by atoms with van der Waals surface area (Å²) in [6.07, 6.45) is 1.53. The molecule has 0 unspecified atom stereocenters. The minimum absolute atomic E-state index is 0.00341. The highest BCUT2D eigenvalue weighted by Gasteiger charge is 2.23. The van der Waals surface area contributed by atoms with Crippen molar-refractivity contribution in [2.24, 2.45) is 7.05 Å². The second-order valence-corrected chi connectivity index (χ2v) is 8.83. The Hall–Kier alpha value is -2.63. The van der Waals surface area contributed by atoms with Gasteiger partial charge in [-0.2, -0.15) is 0 Å². The molecule has 0 saturated carbocycles. The molecule has 0 aliphatic rings. The minimum Gasteiger partial charge on any atom is -0.311 e. The molecule has 0 saturated heterocycles. The van der Waals surface area contributed by atoms with Gasteiger partial charge in [-0.3, -0.25) is 14.8 Å². The van der Waals surface area contributed by atoms with Crippen molar-refractivity contribution in [2.45, 2.75) is 21.9 Å². The van der Waals surface area contributed by atoms with Crippen LogP contribution in [0.15, 0.2) is 57.7 Å². The number of nitrogens with zero attached hydrogens (tertiary/aromatic N) is 4. The molecular formula is C16H14ClN5O4S2. The van der Waals surface area contributed by atoms with Crippen molar-refractivity contribution < 1.29 is 13.3 Å². The maximum Gasteiger partial charge on any atom is 0.275 e. The van der Waals surface area contributed by atoms with Crippen molar-refractivity contribution in [1.82, 2.24) is 14.8 Å². The Balaban J connectivity index is 1.98. The highest BCUT2D eigenvalue weighted by Crippen LogP contribution is 2.34. The Bertz CT molecular complexity index is 1160. The molecule has 3 rings (SSSR count). The summed E-state index contributed by atoms with van der Waals surface area (Å²) in [5, 5.41) is 19.5. The van der Waals surface area contributed by atoms with Crippen LogP contribution in [0, 0.1) is 17.0 Å². The van der Waals surface area contributed by atoms with E-state index in [1.807, 2.05) is 0 Å². The topological polar surface area (TPSA) is 120 Å². The van der Waals surface area contributed by atoms with Crippen molar-refractivity contribution in [2.75, 3.05) is 4.72 Å². The third-order valence-corrected chi connectivity index (χ3v) is 6.67. The van der Waals surface area contributed by atoms with Crippen LogP contribution < -0.4 is 4.72 Å². The van der Waals surface area contributed by atoms with Crippen molar-refractivity contribution in [1.29, 1.82) is 0 Å². The lowest BCUT2D eigenvalue weighted by Crippen LogP contribution is -2.14. The number of nitrogens with one attached hydrogen (secondary N) is 1. The fourth-order valence-corrected chi connectivity index (χ4v) is 4.61. The molecule has 0 amide bonds. The monoisotopic (exact) mass is 439 g/mol. The number of aryl methyl sites for hydroxylation is 1. The van der Waals surface area contributed by atoms with Crippen molar-refractivity contribution in [3.8, 4) is 0 Å². The number of aromatic nitrogens is 3. The van der Waals surface area contributed by atoms with Crippen LogP contribution >= 0.6 is 23.4 Å². The van der Waals surface area contributed by atoms with Crippen LogP contribution in [-0.4, -0.2) is 28.1 Å². The highest BCUT2D eigenvalue weighted by molar-refractivity contribution is 7.99. The van der Waals surface area contributed by atoms with Gasteiger partial charge in [0.05, 0.1) is 20.5 Å². The Labute approximate surface area is 169 Å². The zero-order chi connectivity index (χ0) is 20.5. The molecule has 12 heteroatoms. The summed E-state index contributed by atoms with van der Waals surface area (Å²) in [4.78, 5) is 10.8. The van der Waals surface area contributed by atoms with Gasteiger partial charge in [-0.05, 0) is 36.9 Å². The van der Waals surface area contributed by atoms with E-state index in [0.29, 0.717) is 15.7 Å². The molecule has 0 atom stereocenters. The van der Waals surface area contributed by atoms with Crippen molar-refractivity contribution in [3.05, 3.63) is 63.4 Å². The molecule has 28 heavy (non-hydrogen) atoms. The van der Waals surface area contributed by atoms with Crippen LogP contribution in [0.25, 0.3) is 0 Å². The highest BCUT2D eigenvalue weighted by atomic mass is 35.5. The molecule has 0 aliphatic carbocycles. The number of nitro groups is 1. The van der Waals surface area contributed by atoms with Gasteiger partial charge in [0.25, 0.3) is 15.7 Å². The molecule has 1 aromatic heterocycles. The Morgan fingerprint density at radius 1 is 1.29 bits per heavy atom. The lowest BCUT2D eigenvalue weighted by atomic mass is 10.2. The summed E-state index contributed by atoms with van der Waals surface area (Å²) in [6, 6.07) is 8.90. The van der Waals surface area contributed by atoms with Crippen LogP contribution in [0.2, 0.25) is 5.02 Å². The van der Waals surface area contributed by atoms with Gasteiger partial charge in [-0.25, -0.2) is 8.42 Å². The fraction of sp³-hybridized carbons (Fsp3) is 0.125. The number of benzene rings is 2. The Morgan fingerprint density at radius 2 is 2.00 bits per heavy atom.